The third-order valence-corrected chi connectivity index (χ3v) is 3.22. The normalized spacial score (nSPS) is 12.9. The van der Waals surface area contributed by atoms with E-state index in [2.05, 4.69) is 39.6 Å². The molecule has 0 bridgehead atoms. The molecule has 2 nitrogen and oxygen atoms in total. The first-order valence-corrected chi connectivity index (χ1v) is 5.39. The average Bonchev–Trinajstić information content (AvgIpc) is 2.13. The van der Waals surface area contributed by atoms with Crippen LogP contribution in [-0.4, -0.2) is 30.6 Å². The summed E-state index contributed by atoms with van der Waals surface area (Å²) in [6.07, 6.45) is 2.53. The third kappa shape index (κ3) is 4.10. The number of hydrogen-bond acceptors (Lipinski definition) is 2. The molecule has 0 aliphatic rings. The van der Waals surface area contributed by atoms with Crippen molar-refractivity contribution in [1.29, 1.82) is 0 Å². The molecule has 0 aromatic rings. The van der Waals surface area contributed by atoms with Crippen molar-refractivity contribution in [3.63, 3.8) is 0 Å². The van der Waals surface area contributed by atoms with E-state index in [1.54, 1.807) is 0 Å². The van der Waals surface area contributed by atoms with Crippen LogP contribution in [0.25, 0.3) is 0 Å². The summed E-state index contributed by atoms with van der Waals surface area (Å²) < 4.78 is 0. The third-order valence-electron chi connectivity index (χ3n) is 3.22. The Hall–Kier alpha value is -0.0800. The lowest BCUT2D eigenvalue weighted by molar-refractivity contribution is 0.136. The van der Waals surface area contributed by atoms with Crippen molar-refractivity contribution in [3.8, 4) is 0 Å². The minimum absolute atomic E-state index is 0.141. The summed E-state index contributed by atoms with van der Waals surface area (Å²) in [6, 6.07) is 0. The number of nitrogens with two attached hydrogens (primary N) is 1. The van der Waals surface area contributed by atoms with E-state index in [1.807, 2.05) is 0 Å². The molecular formula is C11H26N2. The Bertz CT molecular complexity index is 128. The first-order chi connectivity index (χ1) is 5.97. The molecule has 0 amide bonds. The van der Waals surface area contributed by atoms with Gasteiger partial charge in [-0.3, -0.25) is 4.90 Å². The predicted octanol–water partition coefficient (Wildman–Crippen LogP) is 2.09. The maximum Gasteiger partial charge on any atom is 0.0272 e. The summed E-state index contributed by atoms with van der Waals surface area (Å²) in [5, 5.41) is 0. The highest BCUT2D eigenvalue weighted by Crippen LogP contribution is 2.16. The first kappa shape index (κ1) is 12.9. The second kappa shape index (κ2) is 5.61. The van der Waals surface area contributed by atoms with E-state index in [4.69, 9.17) is 5.73 Å². The van der Waals surface area contributed by atoms with E-state index < -0.39 is 0 Å². The van der Waals surface area contributed by atoms with E-state index in [9.17, 15) is 0 Å². The highest BCUT2D eigenvalue weighted by atomic mass is 15.2. The van der Waals surface area contributed by atoms with Gasteiger partial charge in [0, 0.05) is 18.6 Å². The second-order valence-corrected chi connectivity index (χ2v) is 4.58. The summed E-state index contributed by atoms with van der Waals surface area (Å²) in [5.41, 5.74) is 5.87. The lowest BCUT2D eigenvalue weighted by Crippen LogP contribution is -2.48. The molecule has 0 aliphatic heterocycles. The topological polar surface area (TPSA) is 29.3 Å². The zero-order valence-electron chi connectivity index (χ0n) is 9.93. The van der Waals surface area contributed by atoms with Crippen LogP contribution in [0, 0.1) is 5.92 Å². The minimum atomic E-state index is 0.141. The Balaban J connectivity index is 4.04. The fourth-order valence-electron chi connectivity index (χ4n) is 1.34. The number of hydrogen-bond donors (Lipinski definition) is 1. The largest absolute Gasteiger partial charge is 0.329 e. The molecule has 0 radical (unpaired) electrons. The zero-order valence-corrected chi connectivity index (χ0v) is 9.93. The van der Waals surface area contributed by atoms with Gasteiger partial charge in [-0.25, -0.2) is 0 Å². The maximum atomic E-state index is 5.72. The molecule has 0 atom stereocenters. The van der Waals surface area contributed by atoms with E-state index in [-0.39, 0.29) is 5.54 Å². The van der Waals surface area contributed by atoms with Crippen molar-refractivity contribution in [2.75, 3.05) is 20.1 Å². The fourth-order valence-corrected chi connectivity index (χ4v) is 1.34. The number of nitrogens with zero attached hydrogens (tertiary/aromatic N) is 1. The molecule has 0 fully saturated rings. The van der Waals surface area contributed by atoms with E-state index >= 15 is 0 Å². The SMILES string of the molecule is CCC(CC)CN(C)C(C)(C)CN. The van der Waals surface area contributed by atoms with Gasteiger partial charge in [0.1, 0.15) is 0 Å². The van der Waals surface area contributed by atoms with Crippen molar-refractivity contribution < 1.29 is 0 Å². The van der Waals surface area contributed by atoms with Crippen LogP contribution in [0.5, 0.6) is 0 Å². The van der Waals surface area contributed by atoms with Gasteiger partial charge in [0.25, 0.3) is 0 Å². The summed E-state index contributed by atoms with van der Waals surface area (Å²) in [7, 11) is 2.17. The fraction of sp³-hybridized carbons (Fsp3) is 1.00. The van der Waals surface area contributed by atoms with Crippen LogP contribution in [0.2, 0.25) is 0 Å². The molecule has 2 N–H and O–H groups in total. The van der Waals surface area contributed by atoms with Crippen LogP contribution >= 0.6 is 0 Å². The lowest BCUT2D eigenvalue weighted by atomic mass is 9.98. The Labute approximate surface area is 83.5 Å². The van der Waals surface area contributed by atoms with Crippen LogP contribution in [0.4, 0.5) is 0 Å². The van der Waals surface area contributed by atoms with Gasteiger partial charge < -0.3 is 5.73 Å². The minimum Gasteiger partial charge on any atom is -0.329 e. The predicted molar refractivity (Wildman–Crippen MR) is 59.8 cm³/mol. The molecule has 0 heterocycles. The van der Waals surface area contributed by atoms with Gasteiger partial charge in [0.15, 0.2) is 0 Å². The first-order valence-electron chi connectivity index (χ1n) is 5.39. The molecule has 0 aromatic heterocycles. The van der Waals surface area contributed by atoms with Crippen molar-refractivity contribution in [2.24, 2.45) is 11.7 Å². The second-order valence-electron chi connectivity index (χ2n) is 4.58. The monoisotopic (exact) mass is 186 g/mol. The molecule has 0 rings (SSSR count). The van der Waals surface area contributed by atoms with Gasteiger partial charge in [-0.15, -0.1) is 0 Å². The van der Waals surface area contributed by atoms with Crippen molar-refractivity contribution in [3.05, 3.63) is 0 Å². The summed E-state index contributed by atoms with van der Waals surface area (Å²) in [4.78, 5) is 2.38. The van der Waals surface area contributed by atoms with Gasteiger partial charge in [-0.1, -0.05) is 26.7 Å². The van der Waals surface area contributed by atoms with Crippen molar-refractivity contribution in [2.45, 2.75) is 46.1 Å². The van der Waals surface area contributed by atoms with Crippen molar-refractivity contribution >= 4 is 0 Å². The van der Waals surface area contributed by atoms with Crippen LogP contribution in [0.3, 0.4) is 0 Å². The van der Waals surface area contributed by atoms with Gasteiger partial charge in [0.2, 0.25) is 0 Å². The van der Waals surface area contributed by atoms with E-state index in [1.165, 1.54) is 12.8 Å². The Morgan fingerprint density at radius 3 is 2.00 bits per heavy atom. The molecule has 0 saturated carbocycles. The average molecular weight is 186 g/mol. The van der Waals surface area contributed by atoms with Gasteiger partial charge in [-0.2, -0.15) is 0 Å². The van der Waals surface area contributed by atoms with E-state index in [0.29, 0.717) is 0 Å². The Kier molecular flexibility index (Phi) is 5.57. The van der Waals surface area contributed by atoms with Crippen LogP contribution in [-0.2, 0) is 0 Å². The highest BCUT2D eigenvalue weighted by molar-refractivity contribution is 4.81. The maximum absolute atomic E-state index is 5.72. The molecule has 0 spiro atoms. The van der Waals surface area contributed by atoms with Crippen molar-refractivity contribution in [1.82, 2.24) is 4.90 Å². The van der Waals surface area contributed by atoms with Crippen LogP contribution in [0.15, 0.2) is 0 Å². The van der Waals surface area contributed by atoms with Gasteiger partial charge in [-0.05, 0) is 26.8 Å². The quantitative estimate of drug-likeness (QED) is 0.688. The molecule has 0 unspecified atom stereocenters. The molecule has 2 heteroatoms. The van der Waals surface area contributed by atoms with E-state index in [0.717, 1.165) is 19.0 Å². The smallest absolute Gasteiger partial charge is 0.0272 e. The number of likely N-dealkylation sites (N-methyl/N-ethyl adjacent to an activating group) is 1. The Morgan fingerprint density at radius 1 is 1.23 bits per heavy atom. The molecule has 0 saturated heterocycles. The molecule has 13 heavy (non-hydrogen) atoms. The molecule has 80 valence electrons. The number of rotatable bonds is 6. The van der Waals surface area contributed by atoms with Gasteiger partial charge >= 0.3 is 0 Å². The van der Waals surface area contributed by atoms with Crippen LogP contribution in [0.1, 0.15) is 40.5 Å². The van der Waals surface area contributed by atoms with Crippen LogP contribution < -0.4 is 5.73 Å². The zero-order chi connectivity index (χ0) is 10.5. The lowest BCUT2D eigenvalue weighted by Gasteiger charge is -2.36. The Morgan fingerprint density at radius 2 is 1.69 bits per heavy atom. The summed E-state index contributed by atoms with van der Waals surface area (Å²) in [6.45, 7) is 10.8. The standard InChI is InChI=1S/C11H26N2/c1-6-10(7-2)8-13(5)11(3,4)9-12/h10H,6-9,12H2,1-5H3. The summed E-state index contributed by atoms with van der Waals surface area (Å²) in [5.74, 6) is 0.816. The highest BCUT2D eigenvalue weighted by Gasteiger charge is 2.22. The summed E-state index contributed by atoms with van der Waals surface area (Å²) >= 11 is 0. The van der Waals surface area contributed by atoms with Gasteiger partial charge in [0.05, 0.1) is 0 Å². The molecule has 0 aliphatic carbocycles. The molecule has 0 aromatic carbocycles. The molecular weight excluding hydrogens is 160 g/mol.